The first-order valence-corrected chi connectivity index (χ1v) is 14.3. The van der Waals surface area contributed by atoms with E-state index in [0.29, 0.717) is 5.02 Å². The summed E-state index contributed by atoms with van der Waals surface area (Å²) in [7, 11) is 0. The zero-order chi connectivity index (χ0) is 25.8. The van der Waals surface area contributed by atoms with Crippen molar-refractivity contribution < 1.29 is 4.79 Å². The van der Waals surface area contributed by atoms with Gasteiger partial charge in [-0.1, -0.05) is 110 Å². The fourth-order valence-electron chi connectivity index (χ4n) is 4.52. The number of pyridine rings is 1. The summed E-state index contributed by atoms with van der Waals surface area (Å²) in [6.07, 6.45) is 10.3. The molecule has 6 rings (SSSR count). The second-order valence-corrected chi connectivity index (χ2v) is 11.9. The Bertz CT molecular complexity index is 1460. The van der Waals surface area contributed by atoms with E-state index in [0.717, 1.165) is 51.5 Å². The lowest BCUT2D eigenvalue weighted by Crippen LogP contribution is -1.98. The summed E-state index contributed by atoms with van der Waals surface area (Å²) in [5.74, 6) is 0. The summed E-state index contributed by atoms with van der Waals surface area (Å²) < 4.78 is 0. The molecule has 1 aliphatic carbocycles. The van der Waals surface area contributed by atoms with Crippen molar-refractivity contribution in [3.63, 3.8) is 0 Å². The van der Waals surface area contributed by atoms with Crippen LogP contribution in [0, 0.1) is 5.41 Å². The second-order valence-electron chi connectivity index (χ2n) is 10.3. The molecule has 1 fully saturated rings. The Hall–Kier alpha value is -2.88. The molecule has 0 spiro atoms. The van der Waals surface area contributed by atoms with E-state index < -0.39 is 0 Å². The first-order chi connectivity index (χ1) is 17.9. The van der Waals surface area contributed by atoms with Gasteiger partial charge in [-0.3, -0.25) is 4.79 Å². The van der Waals surface area contributed by atoms with Gasteiger partial charge >= 0.3 is 0 Å². The molecule has 0 amide bonds. The quantitative estimate of drug-likeness (QED) is 0.265. The highest BCUT2D eigenvalue weighted by molar-refractivity contribution is 8.14. The minimum atomic E-state index is 0.161. The number of hydrogen-bond donors (Lipinski definition) is 0. The molecule has 1 atom stereocenters. The maximum absolute atomic E-state index is 12.7. The molecule has 0 saturated heterocycles. The SMILES string of the molecule is CCC1(C)CC1.O=C1S[C@@H](c2cccc(/C=C/c3ccc4ccc(Cl)cc4n3)c2)CCc2ccccc21. The lowest BCUT2D eigenvalue weighted by atomic mass is 9.99. The number of halogens is 1. The summed E-state index contributed by atoms with van der Waals surface area (Å²) in [4.78, 5) is 17.4. The van der Waals surface area contributed by atoms with E-state index in [2.05, 4.69) is 61.3 Å². The molecule has 2 aliphatic rings. The molecule has 4 aromatic rings. The highest BCUT2D eigenvalue weighted by Gasteiger charge is 2.34. The van der Waals surface area contributed by atoms with E-state index in [-0.39, 0.29) is 10.4 Å². The third-order valence-electron chi connectivity index (χ3n) is 7.52. The Balaban J connectivity index is 0.000000412. The molecule has 0 unspecified atom stereocenters. The number of rotatable bonds is 4. The monoisotopic (exact) mass is 525 g/mol. The van der Waals surface area contributed by atoms with Gasteiger partial charge in [-0.15, -0.1) is 0 Å². The van der Waals surface area contributed by atoms with Crippen LogP contribution in [0.3, 0.4) is 0 Å². The molecule has 3 aromatic carbocycles. The Morgan fingerprint density at radius 3 is 2.59 bits per heavy atom. The highest BCUT2D eigenvalue weighted by atomic mass is 35.5. The van der Waals surface area contributed by atoms with Crippen molar-refractivity contribution in [3.8, 4) is 0 Å². The van der Waals surface area contributed by atoms with E-state index in [4.69, 9.17) is 11.6 Å². The maximum Gasteiger partial charge on any atom is 0.220 e. The number of aryl methyl sites for hydroxylation is 1. The Kier molecular flexibility index (Phi) is 7.83. The van der Waals surface area contributed by atoms with Crippen molar-refractivity contribution in [1.29, 1.82) is 0 Å². The third-order valence-corrected chi connectivity index (χ3v) is 8.99. The van der Waals surface area contributed by atoms with Gasteiger partial charge in [-0.25, -0.2) is 4.98 Å². The summed E-state index contributed by atoms with van der Waals surface area (Å²) in [6.45, 7) is 4.62. The topological polar surface area (TPSA) is 30.0 Å². The van der Waals surface area contributed by atoms with Crippen molar-refractivity contribution in [3.05, 3.63) is 112 Å². The molecule has 0 bridgehead atoms. The number of thioether (sulfide) groups is 1. The number of hydrogen-bond acceptors (Lipinski definition) is 3. The molecule has 1 aliphatic heterocycles. The van der Waals surface area contributed by atoms with E-state index in [1.165, 1.54) is 36.6 Å². The van der Waals surface area contributed by atoms with Crippen LogP contribution >= 0.6 is 23.4 Å². The van der Waals surface area contributed by atoms with Crippen LogP contribution < -0.4 is 0 Å². The van der Waals surface area contributed by atoms with Crippen LogP contribution in [0.4, 0.5) is 0 Å². The molecule has 0 N–H and O–H groups in total. The van der Waals surface area contributed by atoms with Crippen LogP contribution in [-0.2, 0) is 6.42 Å². The van der Waals surface area contributed by atoms with E-state index in [1.54, 1.807) is 0 Å². The third kappa shape index (κ3) is 6.52. The minimum Gasteiger partial charge on any atom is -0.282 e. The molecule has 1 aromatic heterocycles. The summed E-state index contributed by atoms with van der Waals surface area (Å²) in [5.41, 5.74) is 6.85. The van der Waals surface area contributed by atoms with Crippen LogP contribution in [-0.4, -0.2) is 10.1 Å². The molecule has 1 saturated carbocycles. The van der Waals surface area contributed by atoms with Crippen LogP contribution in [0.2, 0.25) is 5.02 Å². The zero-order valence-corrected chi connectivity index (χ0v) is 23.0. The largest absolute Gasteiger partial charge is 0.282 e. The van der Waals surface area contributed by atoms with Gasteiger partial charge in [0.05, 0.1) is 11.2 Å². The van der Waals surface area contributed by atoms with E-state index >= 15 is 0 Å². The number of fused-ring (bicyclic) bond motifs is 2. The molecule has 2 nitrogen and oxygen atoms in total. The molecule has 188 valence electrons. The van der Waals surface area contributed by atoms with Crippen molar-refractivity contribution in [2.24, 2.45) is 5.41 Å². The molecular formula is C33H32ClNOS. The molecule has 37 heavy (non-hydrogen) atoms. The number of carbonyl (C=O) groups is 1. The molecule has 2 heterocycles. The fourth-order valence-corrected chi connectivity index (χ4v) is 5.79. The number of aromatic nitrogens is 1. The fraction of sp³-hybridized carbons (Fsp3) is 0.273. The lowest BCUT2D eigenvalue weighted by molar-refractivity contribution is 0.108. The van der Waals surface area contributed by atoms with Gasteiger partial charge in [0.15, 0.2) is 0 Å². The first kappa shape index (κ1) is 25.8. The Morgan fingerprint density at radius 1 is 1.00 bits per heavy atom. The highest BCUT2D eigenvalue weighted by Crippen LogP contribution is 2.47. The Morgan fingerprint density at radius 2 is 1.81 bits per heavy atom. The Labute approximate surface area is 229 Å². The van der Waals surface area contributed by atoms with Crippen molar-refractivity contribution in [2.45, 2.75) is 51.2 Å². The van der Waals surface area contributed by atoms with E-state index in [9.17, 15) is 4.79 Å². The van der Waals surface area contributed by atoms with Crippen molar-refractivity contribution >= 4 is 51.5 Å². The van der Waals surface area contributed by atoms with Gasteiger partial charge in [0.1, 0.15) is 0 Å². The standard InChI is InChI=1S/C27H20ClNOS.C6H12/c28-22-12-9-20-10-14-23(29-25(20)17-22)13-8-18-4-3-6-21(16-18)26-15-11-19-5-1-2-7-24(19)27(30)31-26;1-3-6(2)4-5-6/h1-10,12-14,16-17,26H,11,15H2;3-5H2,1-2H3/b13-8+;/t26-;/m1./s1. The van der Waals surface area contributed by atoms with Gasteiger partial charge in [-0.05, 0) is 72.1 Å². The second kappa shape index (κ2) is 11.2. The summed E-state index contributed by atoms with van der Waals surface area (Å²) in [6, 6.07) is 26.2. The molecule has 0 radical (unpaired) electrons. The maximum atomic E-state index is 12.7. The average molecular weight is 526 g/mol. The van der Waals surface area contributed by atoms with Crippen molar-refractivity contribution in [1.82, 2.24) is 4.98 Å². The minimum absolute atomic E-state index is 0.161. The van der Waals surface area contributed by atoms with Gasteiger partial charge in [-0.2, -0.15) is 0 Å². The van der Waals surface area contributed by atoms with Crippen LogP contribution in [0.5, 0.6) is 0 Å². The predicted molar refractivity (Wildman–Crippen MR) is 159 cm³/mol. The summed E-state index contributed by atoms with van der Waals surface area (Å²) >= 11 is 7.54. The van der Waals surface area contributed by atoms with Crippen LogP contribution in [0.25, 0.3) is 23.1 Å². The number of benzene rings is 3. The molecule has 4 heteroatoms. The normalized spacial score (nSPS) is 18.1. The van der Waals surface area contributed by atoms with Gasteiger partial charge in [0.2, 0.25) is 5.12 Å². The first-order valence-electron chi connectivity index (χ1n) is 13.1. The van der Waals surface area contributed by atoms with Crippen molar-refractivity contribution in [2.75, 3.05) is 0 Å². The number of nitrogens with zero attached hydrogens (tertiary/aromatic N) is 1. The van der Waals surface area contributed by atoms with E-state index in [1.807, 2.05) is 48.5 Å². The predicted octanol–water partition coefficient (Wildman–Crippen LogP) is 9.82. The zero-order valence-electron chi connectivity index (χ0n) is 21.4. The van der Waals surface area contributed by atoms with Crippen LogP contribution in [0.1, 0.15) is 77.5 Å². The van der Waals surface area contributed by atoms with Gasteiger partial charge in [0, 0.05) is 21.2 Å². The summed E-state index contributed by atoms with van der Waals surface area (Å²) in [5, 5.41) is 2.08. The average Bonchev–Trinajstić information content (AvgIpc) is 3.70. The van der Waals surface area contributed by atoms with Gasteiger partial charge < -0.3 is 0 Å². The lowest BCUT2D eigenvalue weighted by Gasteiger charge is -2.13. The smallest absolute Gasteiger partial charge is 0.220 e. The van der Waals surface area contributed by atoms with Crippen LogP contribution in [0.15, 0.2) is 78.9 Å². The van der Waals surface area contributed by atoms with Gasteiger partial charge in [0.25, 0.3) is 0 Å². The molecular weight excluding hydrogens is 494 g/mol. The number of carbonyl (C=O) groups excluding carboxylic acids is 1.